The van der Waals surface area contributed by atoms with Crippen molar-refractivity contribution in [3.8, 4) is 0 Å². The van der Waals surface area contributed by atoms with Crippen molar-refractivity contribution >= 4 is 5.57 Å². The molecule has 0 bridgehead atoms. The van der Waals surface area contributed by atoms with E-state index in [1.54, 1.807) is 0 Å². The van der Waals surface area contributed by atoms with Crippen molar-refractivity contribution < 1.29 is 0 Å². The monoisotopic (exact) mass is 189 g/mol. The quantitative estimate of drug-likeness (QED) is 0.775. The van der Waals surface area contributed by atoms with Gasteiger partial charge in [0.1, 0.15) is 0 Å². The van der Waals surface area contributed by atoms with Crippen molar-refractivity contribution in [2.75, 3.05) is 0 Å². The van der Waals surface area contributed by atoms with Crippen LogP contribution in [0.5, 0.6) is 0 Å². The molecule has 0 heterocycles. The maximum atomic E-state index is 6.18. The van der Waals surface area contributed by atoms with Crippen molar-refractivity contribution in [3.05, 3.63) is 42.0 Å². The first-order chi connectivity index (χ1) is 6.47. The molecular formula is C13H19N. The van der Waals surface area contributed by atoms with Gasteiger partial charge in [-0.25, -0.2) is 0 Å². The minimum Gasteiger partial charge on any atom is -0.322 e. The molecule has 0 fully saturated rings. The number of hydrogen-bond donors (Lipinski definition) is 1. The van der Waals surface area contributed by atoms with Crippen LogP contribution in [0.3, 0.4) is 0 Å². The Morgan fingerprint density at radius 3 is 2.64 bits per heavy atom. The van der Waals surface area contributed by atoms with E-state index in [9.17, 15) is 0 Å². The van der Waals surface area contributed by atoms with Gasteiger partial charge in [0.2, 0.25) is 0 Å². The van der Waals surface area contributed by atoms with Crippen molar-refractivity contribution in [2.45, 2.75) is 32.7 Å². The third-order valence-corrected chi connectivity index (χ3v) is 2.75. The fourth-order valence-corrected chi connectivity index (χ4v) is 1.34. The Labute approximate surface area is 86.6 Å². The van der Waals surface area contributed by atoms with Gasteiger partial charge >= 0.3 is 0 Å². The SMILES string of the molecule is C=C(C)c1cccc(C(C)(N)CC)c1. The molecule has 0 aromatic heterocycles. The lowest BCUT2D eigenvalue weighted by Crippen LogP contribution is -2.31. The summed E-state index contributed by atoms with van der Waals surface area (Å²) >= 11 is 0. The van der Waals surface area contributed by atoms with Gasteiger partial charge in [0, 0.05) is 5.54 Å². The topological polar surface area (TPSA) is 26.0 Å². The van der Waals surface area contributed by atoms with E-state index < -0.39 is 0 Å². The number of nitrogens with two attached hydrogens (primary N) is 1. The summed E-state index contributed by atoms with van der Waals surface area (Å²) in [6, 6.07) is 8.32. The van der Waals surface area contributed by atoms with Gasteiger partial charge in [-0.15, -0.1) is 0 Å². The van der Waals surface area contributed by atoms with E-state index in [1.807, 2.05) is 13.0 Å². The lowest BCUT2D eigenvalue weighted by molar-refractivity contribution is 0.476. The highest BCUT2D eigenvalue weighted by Crippen LogP contribution is 2.23. The molecule has 14 heavy (non-hydrogen) atoms. The molecular weight excluding hydrogens is 170 g/mol. The minimum atomic E-state index is -0.231. The van der Waals surface area contributed by atoms with Gasteiger partial charge in [0.25, 0.3) is 0 Å². The van der Waals surface area contributed by atoms with Crippen LogP contribution >= 0.6 is 0 Å². The maximum Gasteiger partial charge on any atom is 0.0378 e. The Morgan fingerprint density at radius 1 is 1.50 bits per heavy atom. The third kappa shape index (κ3) is 2.24. The summed E-state index contributed by atoms with van der Waals surface area (Å²) in [6.07, 6.45) is 0.937. The number of rotatable bonds is 3. The number of benzene rings is 1. The van der Waals surface area contributed by atoms with Crippen molar-refractivity contribution in [1.29, 1.82) is 0 Å². The highest BCUT2D eigenvalue weighted by atomic mass is 14.7. The van der Waals surface area contributed by atoms with E-state index in [4.69, 9.17) is 5.73 Å². The predicted octanol–water partition coefficient (Wildman–Crippen LogP) is 3.30. The Morgan fingerprint density at radius 2 is 2.14 bits per heavy atom. The summed E-state index contributed by atoms with van der Waals surface area (Å²) in [5.74, 6) is 0. The van der Waals surface area contributed by atoms with Gasteiger partial charge in [-0.1, -0.05) is 37.3 Å². The third-order valence-electron chi connectivity index (χ3n) is 2.75. The fourth-order valence-electron chi connectivity index (χ4n) is 1.34. The standard InChI is InChI=1S/C13H19N/c1-5-13(4,14)12-8-6-7-11(9-12)10(2)3/h6-9H,2,5,14H2,1,3-4H3. The number of hydrogen-bond acceptors (Lipinski definition) is 1. The van der Waals surface area contributed by atoms with E-state index in [1.165, 1.54) is 11.1 Å². The maximum absolute atomic E-state index is 6.18. The van der Waals surface area contributed by atoms with E-state index >= 15 is 0 Å². The van der Waals surface area contributed by atoms with E-state index in [0.29, 0.717) is 0 Å². The Hall–Kier alpha value is -1.08. The molecule has 0 aliphatic carbocycles. The molecule has 1 heteroatoms. The van der Waals surface area contributed by atoms with Crippen molar-refractivity contribution in [1.82, 2.24) is 0 Å². The molecule has 1 aromatic rings. The molecule has 0 aliphatic heterocycles. The summed E-state index contributed by atoms with van der Waals surface area (Å²) in [5.41, 5.74) is 9.38. The van der Waals surface area contributed by atoms with Gasteiger partial charge < -0.3 is 5.73 Å². The molecule has 1 unspecified atom stereocenters. The smallest absolute Gasteiger partial charge is 0.0378 e. The molecule has 1 atom stereocenters. The van der Waals surface area contributed by atoms with Crippen LogP contribution in [0.15, 0.2) is 30.8 Å². The van der Waals surface area contributed by atoms with E-state index in [2.05, 4.69) is 38.6 Å². The first-order valence-corrected chi connectivity index (χ1v) is 5.02. The molecule has 76 valence electrons. The second-order valence-corrected chi connectivity index (χ2v) is 4.13. The first-order valence-electron chi connectivity index (χ1n) is 5.02. The lowest BCUT2D eigenvalue weighted by atomic mass is 9.89. The van der Waals surface area contributed by atoms with Gasteiger partial charge in [-0.05, 0) is 37.5 Å². The second kappa shape index (κ2) is 3.97. The highest BCUT2D eigenvalue weighted by molar-refractivity contribution is 5.62. The molecule has 0 spiro atoms. The first kappa shape index (κ1) is 11.0. The molecule has 0 saturated carbocycles. The van der Waals surface area contributed by atoms with Gasteiger partial charge in [0.15, 0.2) is 0 Å². The average molecular weight is 189 g/mol. The molecule has 1 rings (SSSR count). The van der Waals surface area contributed by atoms with Gasteiger partial charge in [0.05, 0.1) is 0 Å². The lowest BCUT2D eigenvalue weighted by Gasteiger charge is -2.23. The molecule has 0 radical (unpaired) electrons. The number of allylic oxidation sites excluding steroid dienone is 1. The van der Waals surface area contributed by atoms with Crippen LogP contribution in [0.4, 0.5) is 0 Å². The van der Waals surface area contributed by atoms with E-state index in [0.717, 1.165) is 12.0 Å². The van der Waals surface area contributed by atoms with Crippen molar-refractivity contribution in [3.63, 3.8) is 0 Å². The van der Waals surface area contributed by atoms with E-state index in [-0.39, 0.29) is 5.54 Å². The molecule has 0 aliphatic rings. The summed E-state index contributed by atoms with van der Waals surface area (Å²) in [7, 11) is 0. The van der Waals surface area contributed by atoms with Crippen LogP contribution in [-0.4, -0.2) is 0 Å². The predicted molar refractivity (Wildman–Crippen MR) is 63.0 cm³/mol. The summed E-state index contributed by atoms with van der Waals surface area (Å²) in [4.78, 5) is 0. The van der Waals surface area contributed by atoms with Crippen LogP contribution in [-0.2, 0) is 5.54 Å². The Kier molecular flexibility index (Phi) is 3.12. The highest BCUT2D eigenvalue weighted by Gasteiger charge is 2.18. The van der Waals surface area contributed by atoms with Gasteiger partial charge in [-0.3, -0.25) is 0 Å². The largest absolute Gasteiger partial charge is 0.322 e. The average Bonchev–Trinajstić information content (AvgIpc) is 2.18. The van der Waals surface area contributed by atoms with Crippen LogP contribution in [0.2, 0.25) is 0 Å². The zero-order chi connectivity index (χ0) is 10.8. The molecule has 0 saturated heterocycles. The summed E-state index contributed by atoms with van der Waals surface area (Å²) in [6.45, 7) is 10.1. The van der Waals surface area contributed by atoms with Crippen molar-refractivity contribution in [2.24, 2.45) is 5.73 Å². The molecule has 2 N–H and O–H groups in total. The normalized spacial score (nSPS) is 14.9. The zero-order valence-corrected chi connectivity index (χ0v) is 9.30. The van der Waals surface area contributed by atoms with Crippen LogP contribution < -0.4 is 5.73 Å². The molecule has 1 nitrogen and oxygen atoms in total. The second-order valence-electron chi connectivity index (χ2n) is 4.13. The van der Waals surface area contributed by atoms with Gasteiger partial charge in [-0.2, -0.15) is 0 Å². The zero-order valence-electron chi connectivity index (χ0n) is 9.30. The Balaban J connectivity index is 3.12. The molecule has 1 aromatic carbocycles. The molecule has 0 amide bonds. The summed E-state index contributed by atoms with van der Waals surface area (Å²) in [5, 5.41) is 0. The summed E-state index contributed by atoms with van der Waals surface area (Å²) < 4.78 is 0. The Bertz CT molecular complexity index is 337. The fraction of sp³-hybridized carbons (Fsp3) is 0.385. The minimum absolute atomic E-state index is 0.231. The van der Waals surface area contributed by atoms with Crippen LogP contribution in [0, 0.1) is 0 Å². The van der Waals surface area contributed by atoms with Crippen LogP contribution in [0.25, 0.3) is 5.57 Å². The van der Waals surface area contributed by atoms with Crippen LogP contribution in [0.1, 0.15) is 38.3 Å².